The van der Waals surface area contributed by atoms with Crippen LogP contribution in [-0.4, -0.2) is 44.6 Å². The molecule has 2 aliphatic carbocycles. The molecule has 41 heavy (non-hydrogen) atoms. The van der Waals surface area contributed by atoms with Crippen LogP contribution >= 0.6 is 11.6 Å². The fourth-order valence-electron chi connectivity index (χ4n) is 7.41. The van der Waals surface area contributed by atoms with Crippen molar-refractivity contribution in [3.8, 4) is 5.75 Å². The number of fused-ring (bicyclic) bond motifs is 3. The Hall–Kier alpha value is -2.06. The maximum atomic E-state index is 12.0. The summed E-state index contributed by atoms with van der Waals surface area (Å²) in [6, 6.07) is 14.7. The van der Waals surface area contributed by atoms with E-state index in [1.165, 1.54) is 11.1 Å². The lowest BCUT2D eigenvalue weighted by atomic mass is 9.68. The molecule has 8 heteroatoms. The average Bonchev–Trinajstić information content (AvgIpc) is 3.06. The minimum absolute atomic E-state index is 0.0939. The van der Waals surface area contributed by atoms with Gasteiger partial charge in [-0.2, -0.15) is 0 Å². The number of nitrogens with zero attached hydrogens (tertiary/aromatic N) is 1. The van der Waals surface area contributed by atoms with Gasteiger partial charge in [0.2, 0.25) is 10.0 Å². The van der Waals surface area contributed by atoms with Crippen molar-refractivity contribution in [3.05, 3.63) is 70.8 Å². The minimum Gasteiger partial charge on any atom is -0.490 e. The van der Waals surface area contributed by atoms with Crippen LogP contribution in [0.5, 0.6) is 5.75 Å². The molecule has 2 aromatic carbocycles. The van der Waals surface area contributed by atoms with Crippen LogP contribution in [0.4, 0.5) is 5.69 Å². The second-order valence-corrected chi connectivity index (χ2v) is 14.8. The van der Waals surface area contributed by atoms with Gasteiger partial charge in [0.1, 0.15) is 5.75 Å². The summed E-state index contributed by atoms with van der Waals surface area (Å²) in [7, 11) is -3.59. The molecule has 2 aromatic rings. The number of aryl methyl sites for hydroxylation is 1. The first kappa shape index (κ1) is 30.4. The van der Waals surface area contributed by atoms with Gasteiger partial charge in [0.15, 0.2) is 0 Å². The molecule has 1 spiro atoms. The largest absolute Gasteiger partial charge is 0.490 e. The van der Waals surface area contributed by atoms with Crippen molar-refractivity contribution in [2.75, 3.05) is 24.6 Å². The van der Waals surface area contributed by atoms with Gasteiger partial charge in [0.05, 0.1) is 23.6 Å². The van der Waals surface area contributed by atoms with E-state index in [4.69, 9.17) is 21.5 Å². The zero-order valence-corrected chi connectivity index (χ0v) is 25.9. The van der Waals surface area contributed by atoms with E-state index in [1.807, 2.05) is 38.1 Å². The number of primary sulfonamides is 1. The molecule has 1 aliphatic heterocycles. The molecule has 0 amide bonds. The topological polar surface area (TPSA) is 92.9 Å². The molecule has 0 bridgehead atoms. The van der Waals surface area contributed by atoms with E-state index in [9.17, 15) is 13.5 Å². The van der Waals surface area contributed by atoms with Crippen molar-refractivity contribution in [2.24, 2.45) is 22.9 Å². The Morgan fingerprint density at radius 2 is 2.05 bits per heavy atom. The van der Waals surface area contributed by atoms with Crippen molar-refractivity contribution in [1.29, 1.82) is 0 Å². The molecule has 3 N–H and O–H groups in total. The number of ether oxygens (including phenoxy) is 1. The van der Waals surface area contributed by atoms with Crippen molar-refractivity contribution < 1.29 is 18.3 Å². The summed E-state index contributed by atoms with van der Waals surface area (Å²) < 4.78 is 30.6. The van der Waals surface area contributed by atoms with Crippen LogP contribution in [0.1, 0.15) is 69.9 Å². The van der Waals surface area contributed by atoms with Crippen LogP contribution in [0, 0.1) is 17.8 Å². The molecule has 1 saturated carbocycles. The third kappa shape index (κ3) is 6.64. The van der Waals surface area contributed by atoms with E-state index < -0.39 is 21.4 Å². The SMILES string of the molecule is CCC[C@@H]([C@H](C)C/C=C/[C@H](O)[C@@H]1CC[C@H]1CN1C[C@@]2(CCCc3cc(Cl)ccc32)COc2ccccc21)S(N)(=O)=O. The van der Waals surface area contributed by atoms with Gasteiger partial charge in [-0.05, 0) is 98.1 Å². The second-order valence-electron chi connectivity index (χ2n) is 12.6. The molecule has 0 radical (unpaired) electrons. The van der Waals surface area contributed by atoms with Gasteiger partial charge in [-0.1, -0.05) is 62.2 Å². The predicted octanol–water partition coefficient (Wildman–Crippen LogP) is 6.24. The third-order valence-corrected chi connectivity index (χ3v) is 11.6. The highest BCUT2D eigenvalue weighted by Crippen LogP contribution is 2.46. The minimum atomic E-state index is -3.59. The molecule has 6 nitrogen and oxygen atoms in total. The van der Waals surface area contributed by atoms with Crippen LogP contribution in [0.15, 0.2) is 54.6 Å². The molecule has 1 heterocycles. The van der Waals surface area contributed by atoms with E-state index in [2.05, 4.69) is 35.2 Å². The normalized spacial score (nSPS) is 26.4. The molecular weight excluding hydrogens is 556 g/mol. The van der Waals surface area contributed by atoms with Gasteiger partial charge in [-0.25, -0.2) is 13.6 Å². The third-order valence-electron chi connectivity index (χ3n) is 9.78. The number of hydrogen-bond donors (Lipinski definition) is 2. The second kappa shape index (κ2) is 12.7. The molecular formula is C33H45ClN2O4S. The van der Waals surface area contributed by atoms with Gasteiger partial charge in [-0.3, -0.25) is 0 Å². The maximum Gasteiger partial charge on any atom is 0.212 e. The van der Waals surface area contributed by atoms with Gasteiger partial charge < -0.3 is 14.7 Å². The average molecular weight is 601 g/mol. The Morgan fingerprint density at radius 1 is 1.24 bits per heavy atom. The van der Waals surface area contributed by atoms with E-state index in [0.29, 0.717) is 25.4 Å². The highest BCUT2D eigenvalue weighted by atomic mass is 35.5. The van der Waals surface area contributed by atoms with Crippen molar-refractivity contribution in [2.45, 2.75) is 82.0 Å². The zero-order chi connectivity index (χ0) is 29.2. The lowest BCUT2D eigenvalue weighted by Crippen LogP contribution is -2.49. The van der Waals surface area contributed by atoms with E-state index in [-0.39, 0.29) is 17.3 Å². The number of sulfonamides is 1. The van der Waals surface area contributed by atoms with Crippen LogP contribution in [0.25, 0.3) is 0 Å². The highest BCUT2D eigenvalue weighted by molar-refractivity contribution is 7.89. The summed E-state index contributed by atoms with van der Waals surface area (Å²) >= 11 is 6.38. The summed E-state index contributed by atoms with van der Waals surface area (Å²) in [5.41, 5.74) is 3.70. The lowest BCUT2D eigenvalue weighted by Gasteiger charge is -2.45. The molecule has 5 rings (SSSR count). The zero-order valence-electron chi connectivity index (χ0n) is 24.3. The van der Waals surface area contributed by atoms with Gasteiger partial charge in [0.25, 0.3) is 0 Å². The summed E-state index contributed by atoms with van der Waals surface area (Å²) in [4.78, 5) is 2.50. The molecule has 6 atom stereocenters. The van der Waals surface area contributed by atoms with Crippen LogP contribution in [0.2, 0.25) is 5.02 Å². The Morgan fingerprint density at radius 3 is 2.78 bits per heavy atom. The number of halogens is 1. The summed E-state index contributed by atoms with van der Waals surface area (Å²) in [5.74, 6) is 1.37. The van der Waals surface area contributed by atoms with E-state index >= 15 is 0 Å². The molecule has 0 unspecified atom stereocenters. The molecule has 3 aliphatic rings. The van der Waals surface area contributed by atoms with Gasteiger partial charge >= 0.3 is 0 Å². The number of rotatable bonds is 10. The number of allylic oxidation sites excluding steroid dienone is 1. The van der Waals surface area contributed by atoms with Gasteiger partial charge in [-0.15, -0.1) is 0 Å². The smallest absolute Gasteiger partial charge is 0.212 e. The maximum absolute atomic E-state index is 12.0. The fraction of sp³-hybridized carbons (Fsp3) is 0.576. The monoisotopic (exact) mass is 600 g/mol. The molecule has 0 aromatic heterocycles. The van der Waals surface area contributed by atoms with E-state index in [1.54, 1.807) is 0 Å². The van der Waals surface area contributed by atoms with E-state index in [0.717, 1.165) is 68.1 Å². The lowest BCUT2D eigenvalue weighted by molar-refractivity contribution is 0.0456. The van der Waals surface area contributed by atoms with Crippen molar-refractivity contribution in [1.82, 2.24) is 0 Å². The van der Waals surface area contributed by atoms with Crippen LogP contribution in [0.3, 0.4) is 0 Å². The van der Waals surface area contributed by atoms with Gasteiger partial charge in [0, 0.05) is 23.5 Å². The fourth-order valence-corrected chi connectivity index (χ4v) is 8.92. The Kier molecular flexibility index (Phi) is 9.39. The molecule has 224 valence electrons. The summed E-state index contributed by atoms with van der Waals surface area (Å²) in [6.07, 6.45) is 10.5. The van der Waals surface area contributed by atoms with Crippen LogP contribution in [-0.2, 0) is 21.9 Å². The standard InChI is InChI=1S/C33H45ClN2O4S/c1-3-8-32(41(35,38)39)23(2)9-6-12-30(37)27-16-14-25(27)20-36-21-33(22-40-31-13-5-4-11-29(31)36)18-7-10-24-19-26(34)15-17-28(24)33/h4-6,11-13,15,17,19,23,25,27,30,32,37H,3,7-10,14,16,18,20-22H2,1-2H3,(H2,35,38,39)/b12-6+/t23-,25+,27-,30+,32+,33+/m1/s1. The summed E-state index contributed by atoms with van der Waals surface area (Å²) in [5, 5.41) is 16.9. The Balaban J connectivity index is 1.30. The first-order chi connectivity index (χ1) is 19.6. The summed E-state index contributed by atoms with van der Waals surface area (Å²) in [6.45, 7) is 6.28. The number of aliphatic hydroxyl groups is 1. The number of anilines is 1. The first-order valence-electron chi connectivity index (χ1n) is 15.2. The molecule has 0 saturated heterocycles. The number of nitrogens with two attached hydrogens (primary N) is 1. The quantitative estimate of drug-likeness (QED) is 0.315. The number of benzene rings is 2. The highest BCUT2D eigenvalue weighted by Gasteiger charge is 2.44. The number of para-hydroxylation sites is 2. The van der Waals surface area contributed by atoms with Crippen molar-refractivity contribution in [3.63, 3.8) is 0 Å². The molecule has 1 fully saturated rings. The first-order valence-corrected chi connectivity index (χ1v) is 17.2. The Labute approximate surface area is 251 Å². The predicted molar refractivity (Wildman–Crippen MR) is 167 cm³/mol. The van der Waals surface area contributed by atoms with Crippen molar-refractivity contribution >= 4 is 27.3 Å². The van der Waals surface area contributed by atoms with Crippen LogP contribution < -0.4 is 14.8 Å². The Bertz CT molecular complexity index is 1350. The number of aliphatic hydroxyl groups excluding tert-OH is 1. The number of hydrogen-bond acceptors (Lipinski definition) is 5.